The van der Waals surface area contributed by atoms with Crippen LogP contribution in [0.5, 0.6) is 0 Å². The Bertz CT molecular complexity index is 348. The molecule has 1 aromatic rings. The van der Waals surface area contributed by atoms with Crippen LogP contribution in [0.4, 0.5) is 4.79 Å². The number of nitrogens with one attached hydrogen (secondary N) is 1. The van der Waals surface area contributed by atoms with E-state index in [1.54, 1.807) is 0 Å². The molecule has 1 rings (SSSR count). The van der Waals surface area contributed by atoms with Crippen LogP contribution < -0.4 is 5.32 Å². The summed E-state index contributed by atoms with van der Waals surface area (Å²) < 4.78 is 0. The highest BCUT2D eigenvalue weighted by Crippen LogP contribution is 2.23. The Morgan fingerprint density at radius 3 is 2.40 bits per heavy atom. The van der Waals surface area contributed by atoms with E-state index < -0.39 is 0 Å². The third-order valence-electron chi connectivity index (χ3n) is 2.31. The van der Waals surface area contributed by atoms with Crippen LogP contribution in [0, 0.1) is 0 Å². The van der Waals surface area contributed by atoms with Gasteiger partial charge in [-0.2, -0.15) is 0 Å². The second-order valence-electron chi connectivity index (χ2n) is 4.05. The molecule has 0 saturated carbocycles. The topological polar surface area (TPSA) is 29.1 Å². The molecular weight excluding hydrogens is 230 g/mol. The molecule has 0 radical (unpaired) electrons. The molecule has 0 aromatic heterocycles. The van der Waals surface area contributed by atoms with Crippen molar-refractivity contribution in [2.24, 2.45) is 0 Å². The maximum absolute atomic E-state index is 10.7. The molecule has 0 heterocycles. The maximum Gasteiger partial charge on any atom is 0.276 e. The zero-order valence-corrected chi connectivity index (χ0v) is 10.4. The first-order valence-corrected chi connectivity index (χ1v) is 5.47. The smallest absolute Gasteiger partial charge is 0.276 e. The number of carbonyl (C=O) groups is 1. The van der Waals surface area contributed by atoms with Gasteiger partial charge in [-0.1, -0.05) is 50.2 Å². The molecular formula is C11H14ClNOS. The molecule has 0 saturated heterocycles. The van der Waals surface area contributed by atoms with Gasteiger partial charge in [-0.15, -0.1) is 0 Å². The standard InChI is InChI=1S/C11H14ClNOS/c1-11(2,7-13-10(14)15)8-3-5-9(12)6-4-8/h3-6H,7H2,1-2H3,(H2,13,14,15). The molecule has 0 fully saturated rings. The first kappa shape index (κ1) is 12.4. The molecule has 0 bridgehead atoms. The van der Waals surface area contributed by atoms with Crippen LogP contribution >= 0.6 is 24.2 Å². The molecule has 0 spiro atoms. The van der Waals surface area contributed by atoms with Gasteiger partial charge < -0.3 is 5.32 Å². The molecule has 1 N–H and O–H groups in total. The lowest BCUT2D eigenvalue weighted by Crippen LogP contribution is -2.34. The fourth-order valence-electron chi connectivity index (χ4n) is 1.30. The van der Waals surface area contributed by atoms with E-state index in [1.165, 1.54) is 0 Å². The molecule has 15 heavy (non-hydrogen) atoms. The Hall–Kier alpha value is -0.670. The van der Waals surface area contributed by atoms with Crippen LogP contribution in [0.1, 0.15) is 19.4 Å². The summed E-state index contributed by atoms with van der Waals surface area (Å²) in [7, 11) is 0. The maximum atomic E-state index is 10.7. The summed E-state index contributed by atoms with van der Waals surface area (Å²) in [5, 5.41) is 3.10. The highest BCUT2D eigenvalue weighted by atomic mass is 35.5. The van der Waals surface area contributed by atoms with E-state index in [-0.39, 0.29) is 10.7 Å². The van der Waals surface area contributed by atoms with Crippen molar-refractivity contribution in [3.63, 3.8) is 0 Å². The Morgan fingerprint density at radius 1 is 1.40 bits per heavy atom. The van der Waals surface area contributed by atoms with Crippen LogP contribution in [0.2, 0.25) is 5.02 Å². The summed E-state index contributed by atoms with van der Waals surface area (Å²) in [6, 6.07) is 7.63. The number of rotatable bonds is 3. The van der Waals surface area contributed by atoms with E-state index in [2.05, 4.69) is 31.8 Å². The average Bonchev–Trinajstić information content (AvgIpc) is 2.16. The van der Waals surface area contributed by atoms with E-state index in [0.717, 1.165) is 5.56 Å². The van der Waals surface area contributed by atoms with Gasteiger partial charge in [0.15, 0.2) is 0 Å². The van der Waals surface area contributed by atoms with Crippen molar-refractivity contribution in [1.29, 1.82) is 0 Å². The van der Waals surface area contributed by atoms with Crippen LogP contribution in [-0.2, 0) is 5.41 Å². The zero-order valence-electron chi connectivity index (χ0n) is 8.75. The molecule has 0 aliphatic heterocycles. The lowest BCUT2D eigenvalue weighted by atomic mass is 9.85. The zero-order chi connectivity index (χ0) is 11.5. The SMILES string of the molecule is CC(C)(CNC(=O)S)c1ccc(Cl)cc1. The van der Waals surface area contributed by atoms with Crippen LogP contribution in [-0.4, -0.2) is 11.8 Å². The average molecular weight is 244 g/mol. The number of halogens is 1. The number of benzene rings is 1. The Kier molecular flexibility index (Phi) is 4.05. The number of hydrogen-bond donors (Lipinski definition) is 2. The summed E-state index contributed by atoms with van der Waals surface area (Å²) in [5.74, 6) is 0. The van der Waals surface area contributed by atoms with E-state index in [1.807, 2.05) is 24.3 Å². The number of carbonyl (C=O) groups excluding carboxylic acids is 1. The highest BCUT2D eigenvalue weighted by molar-refractivity contribution is 7.96. The van der Waals surface area contributed by atoms with Gasteiger partial charge in [0, 0.05) is 17.0 Å². The minimum Gasteiger partial charge on any atom is -0.346 e. The van der Waals surface area contributed by atoms with Crippen molar-refractivity contribution >= 4 is 29.5 Å². The number of hydrogen-bond acceptors (Lipinski definition) is 1. The van der Waals surface area contributed by atoms with Crippen molar-refractivity contribution in [2.45, 2.75) is 19.3 Å². The summed E-state index contributed by atoms with van der Waals surface area (Å²) in [6.45, 7) is 4.66. The molecule has 0 aliphatic carbocycles. The molecule has 82 valence electrons. The molecule has 2 nitrogen and oxygen atoms in total. The minimum atomic E-state index is -0.308. The van der Waals surface area contributed by atoms with E-state index >= 15 is 0 Å². The molecule has 1 aromatic carbocycles. The first-order valence-electron chi connectivity index (χ1n) is 4.65. The van der Waals surface area contributed by atoms with Gasteiger partial charge in [0.1, 0.15) is 0 Å². The number of thiol groups is 1. The van der Waals surface area contributed by atoms with Gasteiger partial charge in [-0.3, -0.25) is 4.79 Å². The predicted molar refractivity (Wildman–Crippen MR) is 66.9 cm³/mol. The second kappa shape index (κ2) is 4.90. The fraction of sp³-hybridized carbons (Fsp3) is 0.364. The fourth-order valence-corrected chi connectivity index (χ4v) is 1.50. The highest BCUT2D eigenvalue weighted by Gasteiger charge is 2.20. The van der Waals surface area contributed by atoms with Crippen molar-refractivity contribution in [3.8, 4) is 0 Å². The van der Waals surface area contributed by atoms with Gasteiger partial charge in [0.25, 0.3) is 5.24 Å². The molecule has 1 amide bonds. The lowest BCUT2D eigenvalue weighted by Gasteiger charge is -2.25. The van der Waals surface area contributed by atoms with Crippen molar-refractivity contribution < 1.29 is 4.79 Å². The van der Waals surface area contributed by atoms with E-state index in [4.69, 9.17) is 11.6 Å². The largest absolute Gasteiger partial charge is 0.346 e. The van der Waals surface area contributed by atoms with Gasteiger partial charge in [0.05, 0.1) is 0 Å². The van der Waals surface area contributed by atoms with Crippen LogP contribution in [0.15, 0.2) is 24.3 Å². The Labute approximate surface area is 100 Å². The van der Waals surface area contributed by atoms with E-state index in [9.17, 15) is 4.79 Å². The molecule has 0 atom stereocenters. The normalized spacial score (nSPS) is 11.2. The third-order valence-corrected chi connectivity index (χ3v) is 2.72. The van der Waals surface area contributed by atoms with Crippen molar-refractivity contribution in [2.75, 3.05) is 6.54 Å². The predicted octanol–water partition coefficient (Wildman–Crippen LogP) is 3.26. The quantitative estimate of drug-likeness (QED) is 0.784. The minimum absolute atomic E-state index is 0.122. The second-order valence-corrected chi connectivity index (χ2v) is 4.89. The number of amides is 1. The summed E-state index contributed by atoms with van der Waals surface area (Å²) >= 11 is 9.47. The monoisotopic (exact) mass is 243 g/mol. The molecule has 0 unspecified atom stereocenters. The van der Waals surface area contributed by atoms with Gasteiger partial charge >= 0.3 is 0 Å². The summed E-state index contributed by atoms with van der Waals surface area (Å²) in [6.07, 6.45) is 0. The Balaban J connectivity index is 2.76. The first-order chi connectivity index (χ1) is 6.92. The lowest BCUT2D eigenvalue weighted by molar-refractivity contribution is 0.259. The summed E-state index contributed by atoms with van der Waals surface area (Å²) in [5.41, 5.74) is 1.01. The van der Waals surface area contributed by atoms with Crippen LogP contribution in [0.3, 0.4) is 0 Å². The van der Waals surface area contributed by atoms with Crippen molar-refractivity contribution in [3.05, 3.63) is 34.9 Å². The van der Waals surface area contributed by atoms with Gasteiger partial charge in [-0.25, -0.2) is 0 Å². The Morgan fingerprint density at radius 2 is 1.93 bits per heavy atom. The molecule has 4 heteroatoms. The summed E-state index contributed by atoms with van der Waals surface area (Å²) in [4.78, 5) is 10.7. The van der Waals surface area contributed by atoms with Crippen LogP contribution in [0.25, 0.3) is 0 Å². The van der Waals surface area contributed by atoms with Crippen molar-refractivity contribution in [1.82, 2.24) is 5.32 Å². The van der Waals surface area contributed by atoms with Gasteiger partial charge in [-0.05, 0) is 17.7 Å². The van der Waals surface area contributed by atoms with Gasteiger partial charge in [0.2, 0.25) is 0 Å². The third kappa shape index (κ3) is 3.76. The molecule has 0 aliphatic rings. The van der Waals surface area contributed by atoms with E-state index in [0.29, 0.717) is 11.6 Å².